The third kappa shape index (κ3) is 2.88. The number of hydrogen-bond acceptors (Lipinski definition) is 2. The van der Waals surface area contributed by atoms with Crippen LogP contribution in [-0.4, -0.2) is 29.1 Å². The number of nitrogens with zero attached hydrogens (tertiary/aromatic N) is 1. The van der Waals surface area contributed by atoms with Gasteiger partial charge in [-0.1, -0.05) is 25.0 Å². The maximum absolute atomic E-state index is 11.0. The van der Waals surface area contributed by atoms with Crippen molar-refractivity contribution in [3.63, 3.8) is 0 Å². The van der Waals surface area contributed by atoms with Crippen LogP contribution in [-0.2, 0) is 6.54 Å². The molecule has 1 heterocycles. The van der Waals surface area contributed by atoms with Crippen molar-refractivity contribution in [2.45, 2.75) is 45.1 Å². The predicted octanol–water partition coefficient (Wildman–Crippen LogP) is 3.54. The molecule has 1 saturated carbocycles. The van der Waals surface area contributed by atoms with Crippen LogP contribution in [0.15, 0.2) is 24.3 Å². The van der Waals surface area contributed by atoms with Gasteiger partial charge >= 0.3 is 5.97 Å². The number of aromatic carboxylic acids is 1. The normalized spacial score (nSPS) is 22.2. The van der Waals surface area contributed by atoms with Gasteiger partial charge in [-0.2, -0.15) is 0 Å². The molecule has 0 amide bonds. The van der Waals surface area contributed by atoms with Crippen LogP contribution in [0.4, 0.5) is 0 Å². The zero-order chi connectivity index (χ0) is 14.0. The zero-order valence-electron chi connectivity index (χ0n) is 12.0. The first-order valence-electron chi connectivity index (χ1n) is 7.72. The van der Waals surface area contributed by atoms with E-state index in [2.05, 4.69) is 4.90 Å². The Balaban J connectivity index is 1.59. The molecular weight excluding hydrogens is 250 g/mol. The Morgan fingerprint density at radius 1 is 1.15 bits per heavy atom. The molecule has 0 unspecified atom stereocenters. The van der Waals surface area contributed by atoms with Gasteiger partial charge in [0.15, 0.2) is 0 Å². The Morgan fingerprint density at radius 3 is 2.50 bits per heavy atom. The van der Waals surface area contributed by atoms with Gasteiger partial charge in [-0.25, -0.2) is 4.79 Å². The number of carboxylic acid groups (broad SMARTS) is 1. The van der Waals surface area contributed by atoms with Gasteiger partial charge in [0, 0.05) is 6.54 Å². The highest BCUT2D eigenvalue weighted by molar-refractivity contribution is 5.87. The molecule has 1 saturated heterocycles. The molecule has 1 N–H and O–H groups in total. The number of piperidine rings is 1. The second-order valence-corrected chi connectivity index (χ2v) is 6.49. The van der Waals surface area contributed by atoms with E-state index in [1.165, 1.54) is 38.5 Å². The minimum atomic E-state index is -0.838. The van der Waals surface area contributed by atoms with Crippen molar-refractivity contribution in [3.8, 4) is 0 Å². The quantitative estimate of drug-likeness (QED) is 0.915. The first-order valence-corrected chi connectivity index (χ1v) is 7.72. The van der Waals surface area contributed by atoms with E-state index in [-0.39, 0.29) is 0 Å². The molecule has 108 valence electrons. The first kappa shape index (κ1) is 13.6. The van der Waals surface area contributed by atoms with Crippen molar-refractivity contribution in [1.29, 1.82) is 0 Å². The molecule has 2 aliphatic rings. The molecule has 0 bridgehead atoms. The fourth-order valence-electron chi connectivity index (χ4n) is 3.87. The fraction of sp³-hybridized carbons (Fsp3) is 0.588. The number of carbonyl (C=O) groups is 1. The predicted molar refractivity (Wildman–Crippen MR) is 78.8 cm³/mol. The second-order valence-electron chi connectivity index (χ2n) is 6.49. The van der Waals surface area contributed by atoms with Crippen molar-refractivity contribution in [2.75, 3.05) is 13.1 Å². The van der Waals surface area contributed by atoms with E-state index in [1.807, 2.05) is 18.2 Å². The lowest BCUT2D eigenvalue weighted by molar-refractivity contribution is 0.0696. The molecule has 1 aliphatic carbocycles. The largest absolute Gasteiger partial charge is 0.478 e. The Hall–Kier alpha value is -1.35. The van der Waals surface area contributed by atoms with Gasteiger partial charge < -0.3 is 5.11 Å². The summed E-state index contributed by atoms with van der Waals surface area (Å²) >= 11 is 0. The minimum Gasteiger partial charge on any atom is -0.478 e. The molecule has 1 spiro atoms. The van der Waals surface area contributed by atoms with Crippen LogP contribution in [0, 0.1) is 5.41 Å². The van der Waals surface area contributed by atoms with E-state index in [1.54, 1.807) is 6.07 Å². The molecule has 1 aromatic rings. The van der Waals surface area contributed by atoms with Gasteiger partial charge in [-0.15, -0.1) is 0 Å². The minimum absolute atomic E-state index is 0.395. The summed E-state index contributed by atoms with van der Waals surface area (Å²) in [7, 11) is 0. The highest BCUT2D eigenvalue weighted by atomic mass is 16.4. The van der Waals surface area contributed by atoms with Gasteiger partial charge in [-0.3, -0.25) is 4.90 Å². The lowest BCUT2D eigenvalue weighted by atomic mass is 9.77. The van der Waals surface area contributed by atoms with E-state index in [0.717, 1.165) is 25.2 Å². The Kier molecular flexibility index (Phi) is 3.79. The monoisotopic (exact) mass is 273 g/mol. The molecule has 3 nitrogen and oxygen atoms in total. The maximum atomic E-state index is 11.0. The van der Waals surface area contributed by atoms with Crippen molar-refractivity contribution in [1.82, 2.24) is 4.90 Å². The van der Waals surface area contributed by atoms with Gasteiger partial charge in [0.25, 0.3) is 0 Å². The molecule has 0 atom stereocenters. The molecule has 1 aromatic carbocycles. The van der Waals surface area contributed by atoms with Crippen LogP contribution in [0.2, 0.25) is 0 Å². The highest BCUT2D eigenvalue weighted by Gasteiger charge is 2.36. The molecule has 3 heteroatoms. The summed E-state index contributed by atoms with van der Waals surface area (Å²) in [4.78, 5) is 13.5. The van der Waals surface area contributed by atoms with E-state index in [9.17, 15) is 4.79 Å². The number of hydrogen-bond donors (Lipinski definition) is 1. The topological polar surface area (TPSA) is 40.5 Å². The number of benzene rings is 1. The number of likely N-dealkylation sites (tertiary alicyclic amines) is 1. The number of rotatable bonds is 3. The number of carboxylic acids is 1. The molecule has 3 rings (SSSR count). The van der Waals surface area contributed by atoms with Crippen molar-refractivity contribution < 1.29 is 9.90 Å². The second kappa shape index (κ2) is 5.57. The standard InChI is InChI=1S/C17H23NO2/c19-16(20)15-5-3-4-14(12-15)13-18-10-8-17(9-11-18)6-1-2-7-17/h3-5,12H,1-2,6-11,13H2,(H,19,20). The summed E-state index contributed by atoms with van der Waals surface area (Å²) in [6.07, 6.45) is 8.34. The molecule has 2 fully saturated rings. The van der Waals surface area contributed by atoms with E-state index in [4.69, 9.17) is 5.11 Å². The van der Waals surface area contributed by atoms with Crippen LogP contribution in [0.3, 0.4) is 0 Å². The third-order valence-corrected chi connectivity index (χ3v) is 5.16. The average Bonchev–Trinajstić information content (AvgIpc) is 2.90. The van der Waals surface area contributed by atoms with Crippen molar-refractivity contribution >= 4 is 5.97 Å². The van der Waals surface area contributed by atoms with Crippen molar-refractivity contribution in [3.05, 3.63) is 35.4 Å². The van der Waals surface area contributed by atoms with E-state index in [0.29, 0.717) is 11.0 Å². The van der Waals surface area contributed by atoms with Crippen LogP contribution in [0.5, 0.6) is 0 Å². The summed E-state index contributed by atoms with van der Waals surface area (Å²) in [5, 5.41) is 9.04. The first-order chi connectivity index (χ1) is 9.67. The Labute approximate surface area is 120 Å². The molecule has 0 radical (unpaired) electrons. The van der Waals surface area contributed by atoms with Crippen LogP contribution >= 0.6 is 0 Å². The lowest BCUT2D eigenvalue weighted by Gasteiger charge is -2.39. The van der Waals surface area contributed by atoms with Gasteiger partial charge in [0.1, 0.15) is 0 Å². The maximum Gasteiger partial charge on any atom is 0.335 e. The van der Waals surface area contributed by atoms with Crippen LogP contribution in [0.1, 0.15) is 54.4 Å². The molecule has 20 heavy (non-hydrogen) atoms. The third-order valence-electron chi connectivity index (χ3n) is 5.16. The Bertz CT molecular complexity index is 482. The van der Waals surface area contributed by atoms with E-state index < -0.39 is 5.97 Å². The molecule has 0 aromatic heterocycles. The molecule has 1 aliphatic heterocycles. The highest BCUT2D eigenvalue weighted by Crippen LogP contribution is 2.46. The smallest absolute Gasteiger partial charge is 0.335 e. The summed E-state index contributed by atoms with van der Waals surface area (Å²) in [6, 6.07) is 7.35. The Morgan fingerprint density at radius 2 is 1.85 bits per heavy atom. The van der Waals surface area contributed by atoms with E-state index >= 15 is 0 Å². The van der Waals surface area contributed by atoms with Crippen LogP contribution in [0.25, 0.3) is 0 Å². The zero-order valence-corrected chi connectivity index (χ0v) is 12.0. The van der Waals surface area contributed by atoms with Gasteiger partial charge in [-0.05, 0) is 61.9 Å². The van der Waals surface area contributed by atoms with Gasteiger partial charge in [0.2, 0.25) is 0 Å². The van der Waals surface area contributed by atoms with Crippen LogP contribution < -0.4 is 0 Å². The SMILES string of the molecule is O=C(O)c1cccc(CN2CCC3(CCCC3)CC2)c1. The summed E-state index contributed by atoms with van der Waals surface area (Å²) in [6.45, 7) is 3.21. The summed E-state index contributed by atoms with van der Waals surface area (Å²) < 4.78 is 0. The average molecular weight is 273 g/mol. The summed E-state index contributed by atoms with van der Waals surface area (Å²) in [5.41, 5.74) is 2.17. The lowest BCUT2D eigenvalue weighted by Crippen LogP contribution is -2.38. The molecular formula is C17H23NO2. The van der Waals surface area contributed by atoms with Crippen molar-refractivity contribution in [2.24, 2.45) is 5.41 Å². The summed E-state index contributed by atoms with van der Waals surface area (Å²) in [5.74, 6) is -0.838. The van der Waals surface area contributed by atoms with Gasteiger partial charge in [0.05, 0.1) is 5.56 Å². The fourth-order valence-corrected chi connectivity index (χ4v) is 3.87.